The van der Waals surface area contributed by atoms with Crippen molar-refractivity contribution in [2.75, 3.05) is 18.0 Å². The number of piperidine rings is 1. The number of hydrogen-bond acceptors (Lipinski definition) is 6. The van der Waals surface area contributed by atoms with Gasteiger partial charge in [0.05, 0.1) is 17.0 Å². The molecule has 1 atom stereocenters. The van der Waals surface area contributed by atoms with Crippen LogP contribution in [0.5, 0.6) is 0 Å². The van der Waals surface area contributed by atoms with Crippen LogP contribution >= 0.6 is 11.6 Å². The van der Waals surface area contributed by atoms with Crippen LogP contribution < -0.4 is 4.90 Å². The molecule has 39 heavy (non-hydrogen) atoms. The first-order valence-electron chi connectivity index (χ1n) is 12.8. The van der Waals surface area contributed by atoms with Gasteiger partial charge in [0.15, 0.2) is 0 Å². The van der Waals surface area contributed by atoms with Crippen molar-refractivity contribution < 1.29 is 19.3 Å². The Labute approximate surface area is 230 Å². The van der Waals surface area contributed by atoms with Crippen LogP contribution in [0, 0.1) is 10.1 Å². The Balaban J connectivity index is 1.43. The first kappa shape index (κ1) is 26.5. The summed E-state index contributed by atoms with van der Waals surface area (Å²) in [6.07, 6.45) is 1.04. The molecule has 2 saturated heterocycles. The Hall–Kier alpha value is -4.08. The SMILES string of the molecule is O=C1CC(N(C(=O)c2ccc(Cl)c([N+](=O)[O-])c2)C2CCN(Cc3ccccc3)CC2)C(=O)N1c1ccccc1. The van der Waals surface area contributed by atoms with Crippen molar-refractivity contribution in [3.05, 3.63) is 105 Å². The van der Waals surface area contributed by atoms with Crippen LogP contribution in [0.25, 0.3) is 0 Å². The van der Waals surface area contributed by atoms with Crippen LogP contribution in [0.3, 0.4) is 0 Å². The van der Waals surface area contributed by atoms with Crippen LogP contribution in [-0.2, 0) is 16.1 Å². The van der Waals surface area contributed by atoms with Crippen LogP contribution in [0.1, 0.15) is 35.2 Å². The molecular formula is C29H27ClN4O5. The molecule has 3 aromatic rings. The molecule has 3 aromatic carbocycles. The fraction of sp³-hybridized carbons (Fsp3) is 0.276. The van der Waals surface area contributed by atoms with Crippen LogP contribution in [0.15, 0.2) is 78.9 Å². The van der Waals surface area contributed by atoms with E-state index in [4.69, 9.17) is 11.6 Å². The first-order valence-corrected chi connectivity index (χ1v) is 13.2. The molecular weight excluding hydrogens is 520 g/mol. The Bertz CT molecular complexity index is 1390. The first-order chi connectivity index (χ1) is 18.8. The summed E-state index contributed by atoms with van der Waals surface area (Å²) in [5.74, 6) is -1.40. The topological polar surface area (TPSA) is 104 Å². The molecule has 3 amide bonds. The minimum Gasteiger partial charge on any atom is -0.323 e. The van der Waals surface area contributed by atoms with Gasteiger partial charge in [-0.05, 0) is 42.7 Å². The molecule has 1 unspecified atom stereocenters. The molecule has 2 fully saturated rings. The van der Waals surface area contributed by atoms with Crippen molar-refractivity contribution in [1.82, 2.24) is 9.80 Å². The summed E-state index contributed by atoms with van der Waals surface area (Å²) < 4.78 is 0. The second-order valence-corrected chi connectivity index (χ2v) is 10.2. The summed E-state index contributed by atoms with van der Waals surface area (Å²) in [6, 6.07) is 21.2. The van der Waals surface area contributed by atoms with Gasteiger partial charge in [-0.2, -0.15) is 0 Å². The van der Waals surface area contributed by atoms with E-state index in [0.29, 0.717) is 31.6 Å². The molecule has 0 spiro atoms. The maximum absolute atomic E-state index is 13.9. The summed E-state index contributed by atoms with van der Waals surface area (Å²) in [5.41, 5.74) is 1.30. The van der Waals surface area contributed by atoms with E-state index >= 15 is 0 Å². The third kappa shape index (κ3) is 5.55. The largest absolute Gasteiger partial charge is 0.323 e. The number of carbonyl (C=O) groups is 3. The van der Waals surface area contributed by atoms with Gasteiger partial charge in [-0.3, -0.25) is 29.4 Å². The van der Waals surface area contributed by atoms with E-state index in [-0.39, 0.29) is 28.7 Å². The molecule has 2 aliphatic rings. The molecule has 9 nitrogen and oxygen atoms in total. The van der Waals surface area contributed by atoms with Gasteiger partial charge < -0.3 is 4.90 Å². The fourth-order valence-corrected chi connectivity index (χ4v) is 5.56. The predicted octanol–water partition coefficient (Wildman–Crippen LogP) is 4.69. The third-order valence-corrected chi connectivity index (χ3v) is 7.62. The lowest BCUT2D eigenvalue weighted by molar-refractivity contribution is -0.384. The molecule has 2 aliphatic heterocycles. The third-order valence-electron chi connectivity index (χ3n) is 7.30. The Morgan fingerprint density at radius 2 is 1.62 bits per heavy atom. The summed E-state index contributed by atoms with van der Waals surface area (Å²) in [5, 5.41) is 11.4. The number of rotatable bonds is 7. The van der Waals surface area contributed by atoms with Gasteiger partial charge in [0.1, 0.15) is 11.1 Å². The molecule has 200 valence electrons. The van der Waals surface area contributed by atoms with Crippen molar-refractivity contribution in [1.29, 1.82) is 0 Å². The van der Waals surface area contributed by atoms with Crippen LogP contribution in [-0.4, -0.2) is 57.6 Å². The molecule has 0 radical (unpaired) electrons. The van der Waals surface area contributed by atoms with Gasteiger partial charge in [0, 0.05) is 37.3 Å². The number of nitro benzene ring substituents is 1. The number of anilines is 1. The van der Waals surface area contributed by atoms with Crippen LogP contribution in [0.2, 0.25) is 5.02 Å². The quantitative estimate of drug-likeness (QED) is 0.242. The lowest BCUT2D eigenvalue weighted by Crippen LogP contribution is -2.54. The fourth-order valence-electron chi connectivity index (χ4n) is 5.38. The van der Waals surface area contributed by atoms with Crippen molar-refractivity contribution in [3.63, 3.8) is 0 Å². The Morgan fingerprint density at radius 1 is 0.974 bits per heavy atom. The molecule has 0 N–H and O–H groups in total. The van der Waals surface area contributed by atoms with Gasteiger partial charge in [-0.25, -0.2) is 4.90 Å². The van der Waals surface area contributed by atoms with E-state index in [9.17, 15) is 24.5 Å². The number of nitro groups is 1. The second kappa shape index (κ2) is 11.3. The summed E-state index contributed by atoms with van der Waals surface area (Å²) >= 11 is 5.99. The minimum atomic E-state index is -1.01. The number of imide groups is 1. The summed E-state index contributed by atoms with van der Waals surface area (Å²) in [6.45, 7) is 2.16. The Morgan fingerprint density at radius 3 is 2.26 bits per heavy atom. The Kier molecular flexibility index (Phi) is 7.72. The molecule has 0 aromatic heterocycles. The molecule has 0 bridgehead atoms. The predicted molar refractivity (Wildman–Crippen MR) is 146 cm³/mol. The number of halogens is 1. The maximum Gasteiger partial charge on any atom is 0.288 e. The zero-order valence-electron chi connectivity index (χ0n) is 21.1. The van der Waals surface area contributed by atoms with Crippen LogP contribution in [0.4, 0.5) is 11.4 Å². The highest BCUT2D eigenvalue weighted by Crippen LogP contribution is 2.32. The highest BCUT2D eigenvalue weighted by molar-refractivity contribution is 6.32. The number of para-hydroxylation sites is 1. The lowest BCUT2D eigenvalue weighted by Gasteiger charge is -2.40. The highest BCUT2D eigenvalue weighted by atomic mass is 35.5. The average Bonchev–Trinajstić information content (AvgIpc) is 3.23. The van der Waals surface area contributed by atoms with Crippen molar-refractivity contribution in [3.8, 4) is 0 Å². The van der Waals surface area contributed by atoms with Gasteiger partial charge >= 0.3 is 0 Å². The van der Waals surface area contributed by atoms with Crippen molar-refractivity contribution in [2.24, 2.45) is 0 Å². The normalized spacial score (nSPS) is 18.4. The van der Waals surface area contributed by atoms with E-state index in [2.05, 4.69) is 17.0 Å². The number of hydrogen-bond donors (Lipinski definition) is 0. The average molecular weight is 547 g/mol. The lowest BCUT2D eigenvalue weighted by atomic mass is 9.98. The number of benzene rings is 3. The monoisotopic (exact) mass is 546 g/mol. The summed E-state index contributed by atoms with van der Waals surface area (Å²) in [7, 11) is 0. The molecule has 10 heteroatoms. The second-order valence-electron chi connectivity index (χ2n) is 9.75. The van der Waals surface area contributed by atoms with E-state index in [0.717, 1.165) is 17.5 Å². The molecule has 0 aliphatic carbocycles. The van der Waals surface area contributed by atoms with E-state index in [1.54, 1.807) is 30.3 Å². The van der Waals surface area contributed by atoms with E-state index in [1.165, 1.54) is 22.6 Å². The highest BCUT2D eigenvalue weighted by Gasteiger charge is 2.47. The zero-order valence-corrected chi connectivity index (χ0v) is 21.9. The minimum absolute atomic E-state index is 0.0521. The van der Waals surface area contributed by atoms with Gasteiger partial charge in [-0.15, -0.1) is 0 Å². The maximum atomic E-state index is 13.9. The van der Waals surface area contributed by atoms with E-state index in [1.807, 2.05) is 18.2 Å². The molecule has 5 rings (SSSR count). The summed E-state index contributed by atoms with van der Waals surface area (Å²) in [4.78, 5) is 56.4. The standard InChI is InChI=1S/C29H27ClN4O5/c30-24-12-11-21(17-25(24)34(38)39)28(36)32(23-13-15-31(16-14-23)19-20-7-3-1-4-8-20)26-18-27(35)33(29(26)37)22-9-5-2-6-10-22/h1-12,17,23,26H,13-16,18-19H2. The van der Waals surface area contributed by atoms with E-state index < -0.39 is 28.7 Å². The molecule has 0 saturated carbocycles. The van der Waals surface area contributed by atoms with Crippen molar-refractivity contribution in [2.45, 2.75) is 37.9 Å². The number of carbonyl (C=O) groups excluding carboxylic acids is 3. The number of likely N-dealkylation sites (tertiary alicyclic amines) is 1. The number of nitrogens with zero attached hydrogens (tertiary/aromatic N) is 4. The molecule has 2 heterocycles. The van der Waals surface area contributed by atoms with Crippen molar-refractivity contribution >= 4 is 40.7 Å². The zero-order chi connectivity index (χ0) is 27.5. The number of amides is 3. The van der Waals surface area contributed by atoms with Gasteiger partial charge in [0.25, 0.3) is 17.5 Å². The van der Waals surface area contributed by atoms with Gasteiger partial charge in [0.2, 0.25) is 5.91 Å². The smallest absolute Gasteiger partial charge is 0.288 e. The van der Waals surface area contributed by atoms with Gasteiger partial charge in [-0.1, -0.05) is 60.1 Å².